The van der Waals surface area contributed by atoms with Crippen LogP contribution in [-0.4, -0.2) is 62.8 Å². The number of carbonyl (C=O) groups is 1. The summed E-state index contributed by atoms with van der Waals surface area (Å²) in [6, 6.07) is 19.2. The SMILES string of the molecule is Cc1c(COc2cc(OCc3cncc(C#N)c3)c(CNC(C)(CO)C(=O)O)cc2Cl)cccc1-c1ccc2oc(CCN3CCCC3)nc2c1. The Labute approximate surface area is 301 Å². The number of fused-ring (bicyclic) bond motifs is 1. The highest BCUT2D eigenvalue weighted by Crippen LogP contribution is 2.35. The first kappa shape index (κ1) is 35.8. The van der Waals surface area contributed by atoms with E-state index in [0.29, 0.717) is 33.2 Å². The summed E-state index contributed by atoms with van der Waals surface area (Å²) in [5.74, 6) is 0.319. The van der Waals surface area contributed by atoms with Gasteiger partial charge in [0, 0.05) is 49.1 Å². The van der Waals surface area contributed by atoms with Gasteiger partial charge in [-0.1, -0.05) is 35.9 Å². The second-order valence-corrected chi connectivity index (χ2v) is 13.4. The standard InChI is InChI=1S/C39H40ClN5O6/c1-25-29(6-5-7-31(25)28-8-9-34-33(16-28)44-37(51-34)10-13-45-11-3-4-12-45)23-50-36-17-35(49-22-27-14-26(18-41)19-42-20-27)30(15-32(36)40)21-43-39(2,24-46)38(47)48/h5-9,14-17,19-20,43,46H,3-4,10-13,21-24H2,1-2H3,(H,47,48). The first-order chi connectivity index (χ1) is 24.7. The van der Waals surface area contributed by atoms with Gasteiger partial charge >= 0.3 is 5.97 Å². The van der Waals surface area contributed by atoms with E-state index in [1.54, 1.807) is 24.4 Å². The van der Waals surface area contributed by atoms with Crippen LogP contribution in [0.2, 0.25) is 5.02 Å². The monoisotopic (exact) mass is 709 g/mol. The number of aliphatic carboxylic acids is 1. The minimum Gasteiger partial charge on any atom is -0.488 e. The lowest BCUT2D eigenvalue weighted by Crippen LogP contribution is -2.52. The van der Waals surface area contributed by atoms with E-state index in [-0.39, 0.29) is 19.8 Å². The number of ether oxygens (including phenoxy) is 2. The summed E-state index contributed by atoms with van der Waals surface area (Å²) in [6.07, 6.45) is 6.37. The molecule has 11 nitrogen and oxygen atoms in total. The van der Waals surface area contributed by atoms with Crippen LogP contribution in [0, 0.1) is 18.3 Å². The summed E-state index contributed by atoms with van der Waals surface area (Å²) in [7, 11) is 0. The van der Waals surface area contributed by atoms with Crippen molar-refractivity contribution in [1.82, 2.24) is 20.2 Å². The average molecular weight is 710 g/mol. The Morgan fingerprint density at radius 2 is 1.88 bits per heavy atom. The van der Waals surface area contributed by atoms with Gasteiger partial charge in [-0.25, -0.2) is 4.98 Å². The van der Waals surface area contributed by atoms with Crippen LogP contribution in [0.1, 0.15) is 53.5 Å². The van der Waals surface area contributed by atoms with Crippen LogP contribution >= 0.6 is 11.6 Å². The van der Waals surface area contributed by atoms with E-state index in [1.807, 2.05) is 24.3 Å². The molecule has 1 aliphatic rings. The topological polar surface area (TPSA) is 154 Å². The maximum atomic E-state index is 11.8. The highest BCUT2D eigenvalue weighted by molar-refractivity contribution is 6.32. The number of benzene rings is 3. The highest BCUT2D eigenvalue weighted by atomic mass is 35.5. The molecule has 1 unspecified atom stereocenters. The number of rotatable bonds is 15. The zero-order valence-electron chi connectivity index (χ0n) is 28.6. The van der Waals surface area contributed by atoms with Gasteiger partial charge in [-0.05, 0) is 86.3 Å². The van der Waals surface area contributed by atoms with E-state index in [4.69, 9.17) is 30.5 Å². The number of oxazole rings is 1. The molecule has 1 aliphatic heterocycles. The van der Waals surface area contributed by atoms with Crippen molar-refractivity contribution in [3.8, 4) is 28.7 Å². The molecule has 3 N–H and O–H groups in total. The van der Waals surface area contributed by atoms with Crippen molar-refractivity contribution < 1.29 is 28.9 Å². The number of aliphatic hydroxyl groups is 1. The van der Waals surface area contributed by atoms with Gasteiger partial charge < -0.3 is 29.0 Å². The molecule has 0 bridgehead atoms. The highest BCUT2D eigenvalue weighted by Gasteiger charge is 2.32. The number of pyridine rings is 1. The lowest BCUT2D eigenvalue weighted by atomic mass is 9.96. The van der Waals surface area contributed by atoms with E-state index in [0.717, 1.165) is 65.3 Å². The number of hydrogen-bond donors (Lipinski definition) is 3. The zero-order valence-corrected chi connectivity index (χ0v) is 29.4. The van der Waals surface area contributed by atoms with Crippen molar-refractivity contribution in [1.29, 1.82) is 5.26 Å². The van der Waals surface area contributed by atoms with Crippen LogP contribution in [0.4, 0.5) is 0 Å². The van der Waals surface area contributed by atoms with Gasteiger partial charge in [0.2, 0.25) is 0 Å². The van der Waals surface area contributed by atoms with Crippen LogP contribution < -0.4 is 14.8 Å². The van der Waals surface area contributed by atoms with Crippen molar-refractivity contribution in [3.63, 3.8) is 0 Å². The molecule has 0 spiro atoms. The number of likely N-dealkylation sites (tertiary alicyclic amines) is 1. The Morgan fingerprint density at radius 1 is 1.08 bits per heavy atom. The molecule has 264 valence electrons. The third-order valence-corrected chi connectivity index (χ3v) is 9.60. The van der Waals surface area contributed by atoms with Crippen LogP contribution in [0.25, 0.3) is 22.2 Å². The number of nitriles is 1. The van der Waals surface area contributed by atoms with Crippen LogP contribution in [-0.2, 0) is 31.0 Å². The molecule has 0 amide bonds. The van der Waals surface area contributed by atoms with Crippen molar-refractivity contribution in [2.45, 2.75) is 58.4 Å². The number of nitrogens with zero attached hydrogens (tertiary/aromatic N) is 4. The largest absolute Gasteiger partial charge is 0.488 e. The van der Waals surface area contributed by atoms with Crippen molar-refractivity contribution in [2.24, 2.45) is 0 Å². The second-order valence-electron chi connectivity index (χ2n) is 13.0. The van der Waals surface area contributed by atoms with Crippen LogP contribution in [0.15, 0.2) is 71.4 Å². The molecule has 0 saturated carbocycles. The molecule has 12 heteroatoms. The van der Waals surface area contributed by atoms with Gasteiger partial charge in [-0.15, -0.1) is 0 Å². The van der Waals surface area contributed by atoms with E-state index in [2.05, 4.69) is 40.3 Å². The molecule has 3 heterocycles. The van der Waals surface area contributed by atoms with E-state index < -0.39 is 18.1 Å². The molecular weight excluding hydrogens is 670 g/mol. The normalized spacial score (nSPS) is 14.3. The molecule has 5 aromatic rings. The number of hydrogen-bond acceptors (Lipinski definition) is 10. The molecule has 1 atom stereocenters. The molecule has 51 heavy (non-hydrogen) atoms. The number of nitrogens with one attached hydrogen (secondary N) is 1. The molecule has 1 saturated heterocycles. The predicted molar refractivity (Wildman–Crippen MR) is 193 cm³/mol. The molecular formula is C39H40ClN5O6. The molecule has 0 aliphatic carbocycles. The molecule has 3 aromatic carbocycles. The summed E-state index contributed by atoms with van der Waals surface area (Å²) < 4.78 is 18.5. The van der Waals surface area contributed by atoms with Gasteiger partial charge in [0.1, 0.15) is 41.8 Å². The van der Waals surface area contributed by atoms with Crippen molar-refractivity contribution in [2.75, 3.05) is 26.2 Å². The third kappa shape index (κ3) is 8.49. The number of halogens is 1. The van der Waals surface area contributed by atoms with E-state index in [1.165, 1.54) is 26.0 Å². The van der Waals surface area contributed by atoms with Gasteiger partial charge in [-0.2, -0.15) is 5.26 Å². The summed E-state index contributed by atoms with van der Waals surface area (Å²) >= 11 is 6.72. The lowest BCUT2D eigenvalue weighted by molar-refractivity contribution is -0.145. The third-order valence-electron chi connectivity index (χ3n) is 9.30. The molecule has 0 radical (unpaired) electrons. The summed E-state index contributed by atoms with van der Waals surface area (Å²) in [5.41, 5.74) is 5.73. The smallest absolute Gasteiger partial charge is 0.326 e. The Bertz CT molecular complexity index is 2070. The lowest BCUT2D eigenvalue weighted by Gasteiger charge is -2.25. The van der Waals surface area contributed by atoms with Crippen molar-refractivity contribution in [3.05, 3.63) is 106 Å². The number of aliphatic hydroxyl groups excluding tert-OH is 1. The fourth-order valence-electron chi connectivity index (χ4n) is 6.05. The fraction of sp³-hybridized carbons (Fsp3) is 0.333. The Kier molecular flexibility index (Phi) is 11.2. The average Bonchev–Trinajstić information content (AvgIpc) is 3.82. The summed E-state index contributed by atoms with van der Waals surface area (Å²) in [6.45, 7) is 6.41. The van der Waals surface area contributed by atoms with Gasteiger partial charge in [0.25, 0.3) is 0 Å². The van der Waals surface area contributed by atoms with Crippen LogP contribution in [0.5, 0.6) is 11.5 Å². The van der Waals surface area contributed by atoms with E-state index >= 15 is 0 Å². The van der Waals surface area contributed by atoms with Gasteiger partial charge in [0.05, 0.1) is 17.2 Å². The van der Waals surface area contributed by atoms with Crippen LogP contribution in [0.3, 0.4) is 0 Å². The predicted octanol–water partition coefficient (Wildman–Crippen LogP) is 6.44. The first-order valence-corrected chi connectivity index (χ1v) is 17.3. The minimum atomic E-state index is -1.58. The Balaban J connectivity index is 1.20. The molecule has 6 rings (SSSR count). The second kappa shape index (κ2) is 15.9. The number of aromatic nitrogens is 2. The number of carboxylic acid groups (broad SMARTS) is 1. The van der Waals surface area contributed by atoms with Crippen molar-refractivity contribution >= 4 is 28.7 Å². The van der Waals surface area contributed by atoms with Gasteiger partial charge in [-0.3, -0.25) is 15.1 Å². The fourth-order valence-corrected chi connectivity index (χ4v) is 6.30. The van der Waals surface area contributed by atoms with E-state index in [9.17, 15) is 20.3 Å². The number of carboxylic acids is 1. The molecule has 2 aromatic heterocycles. The molecule has 1 fully saturated rings. The Morgan fingerprint density at radius 3 is 2.65 bits per heavy atom. The first-order valence-electron chi connectivity index (χ1n) is 16.9. The summed E-state index contributed by atoms with van der Waals surface area (Å²) in [4.78, 5) is 23.1. The minimum absolute atomic E-state index is 0.0339. The maximum Gasteiger partial charge on any atom is 0.326 e. The maximum absolute atomic E-state index is 11.8. The zero-order chi connectivity index (χ0) is 36.0. The quantitative estimate of drug-likeness (QED) is 0.110. The summed E-state index contributed by atoms with van der Waals surface area (Å²) in [5, 5.41) is 31.8. The Hall–Kier alpha value is -4.99. The van der Waals surface area contributed by atoms with Gasteiger partial charge in [0.15, 0.2) is 11.5 Å².